The van der Waals surface area contributed by atoms with Gasteiger partial charge in [0.25, 0.3) is 5.91 Å². The van der Waals surface area contributed by atoms with E-state index in [1.54, 1.807) is 0 Å². The van der Waals surface area contributed by atoms with Crippen LogP contribution in [0.3, 0.4) is 0 Å². The number of aromatic nitrogens is 3. The number of nitrogens with zero attached hydrogens (tertiary/aromatic N) is 4. The quantitative estimate of drug-likeness (QED) is 0.671. The minimum absolute atomic E-state index is 0.0744. The van der Waals surface area contributed by atoms with Gasteiger partial charge in [-0.25, -0.2) is 4.68 Å². The molecule has 0 spiro atoms. The molecule has 1 N–H and O–H groups in total. The third-order valence-electron chi connectivity index (χ3n) is 6.43. The number of nitrogens with one attached hydrogen (secondary N) is 1. The zero-order valence-corrected chi connectivity index (χ0v) is 18.4. The minimum Gasteiger partial charge on any atom is -0.365 e. The number of benzene rings is 2. The Labute approximate surface area is 188 Å². The summed E-state index contributed by atoms with van der Waals surface area (Å²) in [6, 6.07) is 19.0. The van der Waals surface area contributed by atoms with Crippen LogP contribution in [0.15, 0.2) is 54.6 Å². The van der Waals surface area contributed by atoms with Crippen molar-refractivity contribution in [1.82, 2.24) is 25.2 Å². The van der Waals surface area contributed by atoms with Gasteiger partial charge in [-0.15, -0.1) is 5.10 Å². The summed E-state index contributed by atoms with van der Waals surface area (Å²) >= 11 is 0. The molecule has 2 aliphatic rings. The maximum Gasteiger partial charge on any atom is 0.274 e. The Morgan fingerprint density at radius 3 is 2.59 bits per heavy atom. The van der Waals surface area contributed by atoms with E-state index in [0.29, 0.717) is 18.8 Å². The number of amides is 1. The second kappa shape index (κ2) is 9.22. The van der Waals surface area contributed by atoms with Gasteiger partial charge >= 0.3 is 0 Å². The highest BCUT2D eigenvalue weighted by molar-refractivity contribution is 5.93. The normalized spacial score (nSPS) is 19.5. The van der Waals surface area contributed by atoms with Crippen LogP contribution in [0.1, 0.15) is 51.8 Å². The fourth-order valence-electron chi connectivity index (χ4n) is 4.50. The lowest BCUT2D eigenvalue weighted by molar-refractivity contribution is -0.00179. The van der Waals surface area contributed by atoms with Crippen LogP contribution in [0.2, 0.25) is 0 Å². The van der Waals surface area contributed by atoms with Crippen LogP contribution < -0.4 is 5.32 Å². The molecule has 166 valence electrons. The summed E-state index contributed by atoms with van der Waals surface area (Å²) in [4.78, 5) is 15.4. The van der Waals surface area contributed by atoms with Gasteiger partial charge in [0, 0.05) is 25.7 Å². The van der Waals surface area contributed by atoms with E-state index in [9.17, 15) is 4.79 Å². The summed E-state index contributed by atoms with van der Waals surface area (Å²) in [5.41, 5.74) is 4.81. The van der Waals surface area contributed by atoms with E-state index < -0.39 is 0 Å². The molecular weight excluding hydrogens is 402 g/mol. The highest BCUT2D eigenvalue weighted by Gasteiger charge is 2.29. The van der Waals surface area contributed by atoms with Crippen molar-refractivity contribution in [1.29, 1.82) is 0 Å². The molecule has 2 aromatic carbocycles. The Hall–Kier alpha value is -3.03. The standard InChI is InChI=1S/C25H29N5O2/c1-18-7-9-20(10-8-18)23-16-30-22(17-32-23)24(27-28-30)25(31)26-21-11-13-29(14-12-21)15-19-5-3-2-4-6-19/h2-10,21,23H,11-17H2,1H3,(H,26,31). The first-order valence-electron chi connectivity index (χ1n) is 11.3. The first-order chi connectivity index (χ1) is 15.7. The van der Waals surface area contributed by atoms with Gasteiger partial charge in [-0.1, -0.05) is 65.4 Å². The lowest BCUT2D eigenvalue weighted by Gasteiger charge is -2.32. The van der Waals surface area contributed by atoms with Crippen molar-refractivity contribution in [3.05, 3.63) is 82.7 Å². The number of hydrogen-bond acceptors (Lipinski definition) is 5. The van der Waals surface area contributed by atoms with Crippen molar-refractivity contribution in [2.24, 2.45) is 0 Å². The largest absolute Gasteiger partial charge is 0.365 e. The number of carbonyl (C=O) groups excluding carboxylic acids is 1. The van der Waals surface area contributed by atoms with Crippen molar-refractivity contribution < 1.29 is 9.53 Å². The van der Waals surface area contributed by atoms with E-state index in [2.05, 4.69) is 76.0 Å². The average molecular weight is 432 g/mol. The highest BCUT2D eigenvalue weighted by atomic mass is 16.5. The maximum atomic E-state index is 12.9. The molecule has 3 heterocycles. The van der Waals surface area contributed by atoms with Crippen LogP contribution in [0.4, 0.5) is 0 Å². The number of aryl methyl sites for hydroxylation is 1. The highest BCUT2D eigenvalue weighted by Crippen LogP contribution is 2.27. The molecule has 5 rings (SSSR count). The molecule has 1 unspecified atom stereocenters. The predicted octanol–water partition coefficient (Wildman–Crippen LogP) is 3.25. The number of rotatable bonds is 5. The molecule has 1 fully saturated rings. The second-order valence-corrected chi connectivity index (χ2v) is 8.79. The van der Waals surface area contributed by atoms with Crippen LogP contribution in [-0.2, 0) is 24.4 Å². The second-order valence-electron chi connectivity index (χ2n) is 8.79. The van der Waals surface area contributed by atoms with Gasteiger partial charge < -0.3 is 10.1 Å². The third-order valence-corrected chi connectivity index (χ3v) is 6.43. The van der Waals surface area contributed by atoms with Gasteiger partial charge in [-0.2, -0.15) is 0 Å². The maximum absolute atomic E-state index is 12.9. The summed E-state index contributed by atoms with van der Waals surface area (Å²) in [6.45, 7) is 5.88. The number of piperidine rings is 1. The first kappa shape index (κ1) is 20.8. The number of carbonyl (C=O) groups is 1. The topological polar surface area (TPSA) is 72.3 Å². The molecule has 3 aromatic rings. The molecule has 1 aromatic heterocycles. The van der Waals surface area contributed by atoms with E-state index in [-0.39, 0.29) is 18.1 Å². The predicted molar refractivity (Wildman–Crippen MR) is 121 cm³/mol. The van der Waals surface area contributed by atoms with Crippen LogP contribution in [-0.4, -0.2) is 44.9 Å². The Morgan fingerprint density at radius 1 is 1.09 bits per heavy atom. The van der Waals surface area contributed by atoms with E-state index in [1.807, 2.05) is 10.7 Å². The van der Waals surface area contributed by atoms with Crippen LogP contribution in [0.25, 0.3) is 0 Å². The monoisotopic (exact) mass is 431 g/mol. The zero-order chi connectivity index (χ0) is 21.9. The SMILES string of the molecule is Cc1ccc(C2Cn3nnc(C(=O)NC4CCN(Cc5ccccc5)CC4)c3CO2)cc1. The van der Waals surface area contributed by atoms with Crippen molar-refractivity contribution in [3.8, 4) is 0 Å². The third kappa shape index (κ3) is 4.59. The molecule has 1 atom stereocenters. The van der Waals surface area contributed by atoms with Crippen molar-refractivity contribution >= 4 is 5.91 Å². The number of hydrogen-bond donors (Lipinski definition) is 1. The minimum atomic E-state index is -0.148. The molecule has 0 radical (unpaired) electrons. The van der Waals surface area contributed by atoms with Crippen molar-refractivity contribution in [2.75, 3.05) is 13.1 Å². The Morgan fingerprint density at radius 2 is 1.84 bits per heavy atom. The summed E-state index contributed by atoms with van der Waals surface area (Å²) in [6.07, 6.45) is 1.80. The number of ether oxygens (including phenoxy) is 1. The summed E-state index contributed by atoms with van der Waals surface area (Å²) in [7, 11) is 0. The van der Waals surface area contributed by atoms with Crippen LogP contribution >= 0.6 is 0 Å². The molecule has 7 heteroatoms. The molecule has 0 saturated carbocycles. The van der Waals surface area contributed by atoms with Gasteiger partial charge in [0.05, 0.1) is 18.8 Å². The summed E-state index contributed by atoms with van der Waals surface area (Å²) < 4.78 is 7.86. The number of likely N-dealkylation sites (tertiary alicyclic amines) is 1. The zero-order valence-electron chi connectivity index (χ0n) is 18.4. The van der Waals surface area contributed by atoms with Crippen LogP contribution in [0, 0.1) is 6.92 Å². The average Bonchev–Trinajstić information content (AvgIpc) is 3.25. The first-order valence-corrected chi connectivity index (χ1v) is 11.3. The molecule has 32 heavy (non-hydrogen) atoms. The fourth-order valence-corrected chi connectivity index (χ4v) is 4.50. The van der Waals surface area contributed by atoms with Gasteiger partial charge in [0.15, 0.2) is 5.69 Å². The lowest BCUT2D eigenvalue weighted by atomic mass is 10.0. The molecule has 2 aliphatic heterocycles. The summed E-state index contributed by atoms with van der Waals surface area (Å²) in [5.74, 6) is -0.148. The van der Waals surface area contributed by atoms with Gasteiger partial charge in [-0.05, 0) is 30.9 Å². The Bertz CT molecular complexity index is 1060. The molecule has 0 aliphatic carbocycles. The molecule has 7 nitrogen and oxygen atoms in total. The van der Waals surface area contributed by atoms with E-state index >= 15 is 0 Å². The van der Waals surface area contributed by atoms with Crippen LogP contribution in [0.5, 0.6) is 0 Å². The smallest absolute Gasteiger partial charge is 0.274 e. The van der Waals surface area contributed by atoms with Crippen molar-refractivity contribution in [3.63, 3.8) is 0 Å². The number of fused-ring (bicyclic) bond motifs is 1. The lowest BCUT2D eigenvalue weighted by Crippen LogP contribution is -2.44. The molecule has 1 saturated heterocycles. The van der Waals surface area contributed by atoms with Gasteiger partial charge in [0.1, 0.15) is 6.10 Å². The van der Waals surface area contributed by atoms with E-state index in [0.717, 1.165) is 43.7 Å². The van der Waals surface area contributed by atoms with Gasteiger partial charge in [-0.3, -0.25) is 9.69 Å². The fraction of sp³-hybridized carbons (Fsp3) is 0.400. The molecule has 0 bridgehead atoms. The van der Waals surface area contributed by atoms with Crippen molar-refractivity contribution in [2.45, 2.75) is 51.6 Å². The summed E-state index contributed by atoms with van der Waals surface area (Å²) in [5, 5.41) is 11.6. The van der Waals surface area contributed by atoms with E-state index in [1.165, 1.54) is 11.1 Å². The van der Waals surface area contributed by atoms with Gasteiger partial charge in [0.2, 0.25) is 0 Å². The Kier molecular flexibility index (Phi) is 6.01. The Balaban J connectivity index is 1.16. The molecular formula is C25H29N5O2. The molecule has 1 amide bonds. The van der Waals surface area contributed by atoms with E-state index in [4.69, 9.17) is 4.74 Å².